The van der Waals surface area contributed by atoms with Crippen molar-refractivity contribution in [3.05, 3.63) is 23.8 Å². The maximum Gasteiger partial charge on any atom is 0.461 e. The van der Waals surface area contributed by atoms with Gasteiger partial charge in [-0.2, -0.15) is 30.6 Å². The molecule has 178 valence electrons. The van der Waals surface area contributed by atoms with E-state index in [9.17, 15) is 43.6 Å². The molecule has 1 aromatic rings. The van der Waals surface area contributed by atoms with E-state index in [1.807, 2.05) is 0 Å². The second-order valence-corrected chi connectivity index (χ2v) is 10.1. The Bertz CT molecular complexity index is 956. The summed E-state index contributed by atoms with van der Waals surface area (Å²) < 4.78 is 118. The average Bonchev–Trinajstić information content (AvgIpc) is 2.67. The van der Waals surface area contributed by atoms with Crippen molar-refractivity contribution in [1.82, 2.24) is 8.61 Å². The number of halogens is 5. The second kappa shape index (κ2) is 9.46. The SMILES string of the molecule is CCN(CC)S(=O)(=O)c1cc(C(=O)C(F)(F)C(F)(F)F)cc(S(=O)(=O)N(CC)CC)c1. The largest absolute Gasteiger partial charge is 0.461 e. The molecule has 0 unspecified atom stereocenters. The highest BCUT2D eigenvalue weighted by Crippen LogP contribution is 2.39. The Kier molecular flexibility index (Phi) is 8.36. The number of carbonyl (C=O) groups is 1. The van der Waals surface area contributed by atoms with Crippen LogP contribution in [0, 0.1) is 0 Å². The summed E-state index contributed by atoms with van der Waals surface area (Å²) in [5, 5.41) is 0. The molecule has 0 radical (unpaired) electrons. The Hall–Kier alpha value is -1.64. The molecule has 0 heterocycles. The third-order valence-corrected chi connectivity index (χ3v) is 8.53. The third-order valence-electron chi connectivity index (χ3n) is 4.47. The summed E-state index contributed by atoms with van der Waals surface area (Å²) in [7, 11) is -8.98. The highest BCUT2D eigenvalue weighted by molar-refractivity contribution is 7.90. The van der Waals surface area contributed by atoms with E-state index in [0.717, 1.165) is 8.61 Å². The van der Waals surface area contributed by atoms with Gasteiger partial charge in [-0.3, -0.25) is 4.79 Å². The summed E-state index contributed by atoms with van der Waals surface area (Å²) in [6.45, 7) is 5.43. The maximum absolute atomic E-state index is 13.7. The molecular formula is C17H23F5N2O5S2. The lowest BCUT2D eigenvalue weighted by atomic mass is 10.1. The zero-order valence-electron chi connectivity index (χ0n) is 17.2. The molecule has 0 atom stereocenters. The highest BCUT2D eigenvalue weighted by atomic mass is 32.2. The second-order valence-electron chi connectivity index (χ2n) is 6.27. The predicted molar refractivity (Wildman–Crippen MR) is 102 cm³/mol. The van der Waals surface area contributed by atoms with Crippen molar-refractivity contribution < 1.29 is 43.6 Å². The fourth-order valence-corrected chi connectivity index (χ4v) is 5.87. The fourth-order valence-electron chi connectivity index (χ4n) is 2.74. The summed E-state index contributed by atoms with van der Waals surface area (Å²) in [5.74, 6) is -8.60. The number of benzene rings is 1. The zero-order chi connectivity index (χ0) is 24.4. The van der Waals surface area contributed by atoms with Crippen molar-refractivity contribution in [3.8, 4) is 0 Å². The van der Waals surface area contributed by atoms with E-state index >= 15 is 0 Å². The molecule has 0 bridgehead atoms. The number of hydrogen-bond acceptors (Lipinski definition) is 5. The molecule has 1 aromatic carbocycles. The number of ketones is 1. The summed E-state index contributed by atoms with van der Waals surface area (Å²) in [6, 6.07) is 1.30. The van der Waals surface area contributed by atoms with Gasteiger partial charge in [-0.1, -0.05) is 27.7 Å². The monoisotopic (exact) mass is 494 g/mol. The number of Topliss-reactive ketones (excluding diaryl/α,β-unsaturated/α-hetero) is 1. The zero-order valence-corrected chi connectivity index (χ0v) is 18.8. The number of sulfonamides is 2. The Morgan fingerprint density at radius 1 is 0.742 bits per heavy atom. The van der Waals surface area contributed by atoms with Crippen LogP contribution in [-0.2, 0) is 20.0 Å². The van der Waals surface area contributed by atoms with E-state index in [1.54, 1.807) is 0 Å². The quantitative estimate of drug-likeness (QED) is 0.368. The molecular weight excluding hydrogens is 471 g/mol. The normalized spacial score (nSPS) is 13.8. The molecule has 0 fully saturated rings. The lowest BCUT2D eigenvalue weighted by molar-refractivity contribution is -0.255. The van der Waals surface area contributed by atoms with Crippen LogP contribution < -0.4 is 0 Å². The van der Waals surface area contributed by atoms with Gasteiger partial charge in [0.2, 0.25) is 25.8 Å². The minimum atomic E-state index is -6.25. The van der Waals surface area contributed by atoms with Crippen LogP contribution in [0.4, 0.5) is 22.0 Å². The Balaban J connectivity index is 3.92. The molecule has 0 aliphatic heterocycles. The Labute approximate surface area is 177 Å². The number of carbonyl (C=O) groups excluding carboxylic acids is 1. The van der Waals surface area contributed by atoms with Crippen LogP contribution in [0.15, 0.2) is 28.0 Å². The maximum atomic E-state index is 13.7. The number of hydrogen-bond donors (Lipinski definition) is 0. The lowest BCUT2D eigenvalue weighted by Crippen LogP contribution is -2.44. The van der Waals surface area contributed by atoms with E-state index < -0.39 is 53.3 Å². The van der Waals surface area contributed by atoms with Gasteiger partial charge in [-0.15, -0.1) is 0 Å². The van der Waals surface area contributed by atoms with Crippen LogP contribution in [0.1, 0.15) is 38.1 Å². The van der Waals surface area contributed by atoms with Crippen LogP contribution in [0.5, 0.6) is 0 Å². The van der Waals surface area contributed by atoms with Crippen molar-refractivity contribution in [2.24, 2.45) is 0 Å². The molecule has 0 spiro atoms. The van der Waals surface area contributed by atoms with Gasteiger partial charge in [0, 0.05) is 31.7 Å². The minimum absolute atomic E-state index is 0.0894. The molecule has 0 aromatic heterocycles. The van der Waals surface area contributed by atoms with Crippen molar-refractivity contribution in [2.75, 3.05) is 26.2 Å². The summed E-state index contributed by atoms with van der Waals surface area (Å²) in [6.07, 6.45) is -6.25. The van der Waals surface area contributed by atoms with Crippen molar-refractivity contribution in [3.63, 3.8) is 0 Å². The molecule has 1 rings (SSSR count). The number of nitrogens with zero attached hydrogens (tertiary/aromatic N) is 2. The standard InChI is InChI=1S/C17H23F5N2O5S2/c1-5-23(6-2)30(26,27)13-9-12(15(25)16(18,19)17(20,21)22)10-14(11-13)31(28,29)24(7-3)8-4/h9-11H,5-8H2,1-4H3. The number of rotatable bonds is 10. The van der Waals surface area contributed by atoms with Crippen molar-refractivity contribution in [1.29, 1.82) is 0 Å². The smallest absolute Gasteiger partial charge is 0.287 e. The molecule has 0 aliphatic rings. The predicted octanol–water partition coefficient (Wildman–Crippen LogP) is 3.13. The molecule has 7 nitrogen and oxygen atoms in total. The van der Waals surface area contributed by atoms with Gasteiger partial charge >= 0.3 is 12.1 Å². The van der Waals surface area contributed by atoms with Gasteiger partial charge in [0.05, 0.1) is 9.79 Å². The van der Waals surface area contributed by atoms with E-state index in [4.69, 9.17) is 0 Å². The molecule has 0 N–H and O–H groups in total. The highest BCUT2D eigenvalue weighted by Gasteiger charge is 2.63. The van der Waals surface area contributed by atoms with Gasteiger partial charge in [-0.05, 0) is 18.2 Å². The fraction of sp³-hybridized carbons (Fsp3) is 0.588. The molecule has 0 amide bonds. The lowest BCUT2D eigenvalue weighted by Gasteiger charge is -2.23. The van der Waals surface area contributed by atoms with Gasteiger partial charge in [0.25, 0.3) is 0 Å². The third kappa shape index (κ3) is 5.23. The Morgan fingerprint density at radius 2 is 1.06 bits per heavy atom. The average molecular weight is 495 g/mol. The van der Waals surface area contributed by atoms with Crippen LogP contribution in [0.2, 0.25) is 0 Å². The van der Waals surface area contributed by atoms with E-state index in [2.05, 4.69) is 0 Å². The van der Waals surface area contributed by atoms with Crippen LogP contribution >= 0.6 is 0 Å². The van der Waals surface area contributed by atoms with Crippen molar-refractivity contribution in [2.45, 2.75) is 49.6 Å². The van der Waals surface area contributed by atoms with Gasteiger partial charge in [0.1, 0.15) is 0 Å². The molecule has 0 saturated heterocycles. The molecule has 0 aliphatic carbocycles. The van der Waals surface area contributed by atoms with Crippen LogP contribution in [-0.4, -0.2) is 69.5 Å². The first-order valence-electron chi connectivity index (χ1n) is 9.16. The first kappa shape index (κ1) is 27.4. The van der Waals surface area contributed by atoms with Crippen LogP contribution in [0.3, 0.4) is 0 Å². The molecule has 0 saturated carbocycles. The minimum Gasteiger partial charge on any atom is -0.287 e. The van der Waals surface area contributed by atoms with Crippen LogP contribution in [0.25, 0.3) is 0 Å². The van der Waals surface area contributed by atoms with E-state index in [-0.39, 0.29) is 26.2 Å². The summed E-state index contributed by atoms with van der Waals surface area (Å²) in [4.78, 5) is 10.2. The first-order valence-corrected chi connectivity index (χ1v) is 12.0. The summed E-state index contributed by atoms with van der Waals surface area (Å²) in [5.41, 5.74) is -1.39. The van der Waals surface area contributed by atoms with Gasteiger partial charge in [-0.25, -0.2) is 16.8 Å². The first-order chi connectivity index (χ1) is 14.0. The topological polar surface area (TPSA) is 91.8 Å². The molecule has 14 heteroatoms. The van der Waals surface area contributed by atoms with Crippen molar-refractivity contribution >= 4 is 25.8 Å². The summed E-state index contributed by atoms with van der Waals surface area (Å²) >= 11 is 0. The Morgan fingerprint density at radius 3 is 1.32 bits per heavy atom. The number of alkyl halides is 5. The van der Waals surface area contributed by atoms with E-state index in [0.29, 0.717) is 18.2 Å². The van der Waals surface area contributed by atoms with E-state index in [1.165, 1.54) is 27.7 Å². The molecule has 31 heavy (non-hydrogen) atoms. The van der Waals surface area contributed by atoms with Gasteiger partial charge in [0.15, 0.2) is 0 Å². The van der Waals surface area contributed by atoms with Gasteiger partial charge < -0.3 is 0 Å².